The minimum atomic E-state index is -1.26. The predicted octanol–water partition coefficient (Wildman–Crippen LogP) is -0.777. The Morgan fingerprint density at radius 3 is 2.94 bits per heavy atom. The van der Waals surface area contributed by atoms with Gasteiger partial charge in [-0.3, -0.25) is 0 Å². The second kappa shape index (κ2) is 3.89. The van der Waals surface area contributed by atoms with Crippen LogP contribution in [-0.4, -0.2) is 41.3 Å². The van der Waals surface area contributed by atoms with Crippen molar-refractivity contribution in [2.45, 2.75) is 6.54 Å². The van der Waals surface area contributed by atoms with E-state index in [-0.39, 0.29) is 23.8 Å². The van der Waals surface area contributed by atoms with Crippen LogP contribution >= 0.6 is 11.6 Å². The molecule has 0 aromatic carbocycles. The summed E-state index contributed by atoms with van der Waals surface area (Å²) in [4.78, 5) is 26.0. The van der Waals surface area contributed by atoms with Crippen molar-refractivity contribution in [1.29, 1.82) is 0 Å². The van der Waals surface area contributed by atoms with Crippen LogP contribution in [0.25, 0.3) is 5.65 Å². The SMILES string of the molecule is O=C(O)c1ncn2c(=O)n(CCCl)nnc12. The second-order valence-corrected chi connectivity index (χ2v) is 3.25. The first-order valence-corrected chi connectivity index (χ1v) is 4.78. The number of imidazole rings is 1. The second-order valence-electron chi connectivity index (χ2n) is 2.88. The average Bonchev–Trinajstić information content (AvgIpc) is 2.67. The van der Waals surface area contributed by atoms with Crippen molar-refractivity contribution >= 4 is 23.2 Å². The topological polar surface area (TPSA) is 102 Å². The highest BCUT2D eigenvalue weighted by Gasteiger charge is 2.16. The van der Waals surface area contributed by atoms with Gasteiger partial charge in [0.2, 0.25) is 0 Å². The summed E-state index contributed by atoms with van der Waals surface area (Å²) in [6.07, 6.45) is 1.10. The molecular formula is C7H6ClN5O3. The van der Waals surface area contributed by atoms with Gasteiger partial charge in [-0.15, -0.1) is 16.7 Å². The van der Waals surface area contributed by atoms with E-state index in [0.29, 0.717) is 0 Å². The molecule has 0 fully saturated rings. The molecule has 16 heavy (non-hydrogen) atoms. The number of hydrogen-bond acceptors (Lipinski definition) is 5. The molecule has 0 spiro atoms. The minimum Gasteiger partial charge on any atom is -0.476 e. The number of carboxylic acid groups (broad SMARTS) is 1. The first kappa shape index (κ1) is 10.6. The van der Waals surface area contributed by atoms with Gasteiger partial charge in [0, 0.05) is 5.88 Å². The van der Waals surface area contributed by atoms with E-state index >= 15 is 0 Å². The molecule has 0 unspecified atom stereocenters. The number of halogens is 1. The van der Waals surface area contributed by atoms with Gasteiger partial charge in [-0.2, -0.15) is 4.68 Å². The molecule has 2 aromatic rings. The largest absolute Gasteiger partial charge is 0.476 e. The lowest BCUT2D eigenvalue weighted by atomic mass is 10.5. The molecule has 0 atom stereocenters. The van der Waals surface area contributed by atoms with Gasteiger partial charge in [0.25, 0.3) is 0 Å². The van der Waals surface area contributed by atoms with Crippen LogP contribution in [0, 0.1) is 0 Å². The Labute approximate surface area is 93.1 Å². The van der Waals surface area contributed by atoms with Crippen LogP contribution < -0.4 is 5.69 Å². The number of alkyl halides is 1. The Hall–Kier alpha value is -1.96. The molecule has 9 heteroatoms. The van der Waals surface area contributed by atoms with Crippen molar-refractivity contribution in [2.24, 2.45) is 0 Å². The summed E-state index contributed by atoms with van der Waals surface area (Å²) in [7, 11) is 0. The normalized spacial score (nSPS) is 10.8. The third-order valence-corrected chi connectivity index (χ3v) is 2.08. The maximum absolute atomic E-state index is 11.7. The molecule has 2 aromatic heterocycles. The summed E-state index contributed by atoms with van der Waals surface area (Å²) in [6.45, 7) is 0.198. The van der Waals surface area contributed by atoms with Crippen LogP contribution in [0.2, 0.25) is 0 Å². The lowest BCUT2D eigenvalue weighted by Gasteiger charge is -1.99. The van der Waals surface area contributed by atoms with Gasteiger partial charge in [-0.05, 0) is 0 Å². The Morgan fingerprint density at radius 1 is 1.56 bits per heavy atom. The van der Waals surface area contributed by atoms with E-state index in [2.05, 4.69) is 15.3 Å². The summed E-state index contributed by atoms with van der Waals surface area (Å²) in [5.41, 5.74) is -0.906. The maximum Gasteiger partial charge on any atom is 0.358 e. The number of carboxylic acids is 1. The number of aromatic nitrogens is 5. The van der Waals surface area contributed by atoms with Crippen LogP contribution in [0.4, 0.5) is 0 Å². The molecule has 2 rings (SSSR count). The van der Waals surface area contributed by atoms with Gasteiger partial charge in [-0.1, -0.05) is 5.21 Å². The van der Waals surface area contributed by atoms with E-state index < -0.39 is 11.7 Å². The van der Waals surface area contributed by atoms with Gasteiger partial charge < -0.3 is 5.11 Å². The average molecular weight is 244 g/mol. The van der Waals surface area contributed by atoms with Crippen molar-refractivity contribution in [1.82, 2.24) is 24.4 Å². The molecule has 0 saturated heterocycles. The van der Waals surface area contributed by atoms with Crippen LogP contribution in [-0.2, 0) is 6.54 Å². The maximum atomic E-state index is 11.7. The molecular weight excluding hydrogens is 238 g/mol. The molecule has 0 radical (unpaired) electrons. The van der Waals surface area contributed by atoms with Gasteiger partial charge in [0.1, 0.15) is 6.33 Å². The zero-order valence-corrected chi connectivity index (χ0v) is 8.63. The molecule has 0 bridgehead atoms. The molecule has 0 aliphatic rings. The number of aromatic carboxylic acids is 1. The van der Waals surface area contributed by atoms with E-state index in [1.807, 2.05) is 0 Å². The van der Waals surface area contributed by atoms with Gasteiger partial charge >= 0.3 is 11.7 Å². The minimum absolute atomic E-state index is 0.0803. The summed E-state index contributed by atoms with van der Waals surface area (Å²) < 4.78 is 2.05. The molecule has 2 heterocycles. The van der Waals surface area contributed by atoms with Crippen molar-refractivity contribution in [3.05, 3.63) is 22.5 Å². The van der Waals surface area contributed by atoms with Gasteiger partial charge in [0.05, 0.1) is 6.54 Å². The first-order valence-electron chi connectivity index (χ1n) is 4.25. The number of fused-ring (bicyclic) bond motifs is 1. The van der Waals surface area contributed by atoms with E-state index in [9.17, 15) is 9.59 Å². The summed E-state index contributed by atoms with van der Waals surface area (Å²) in [5, 5.41) is 15.9. The third-order valence-electron chi connectivity index (χ3n) is 1.92. The fourth-order valence-corrected chi connectivity index (χ4v) is 1.37. The number of carbonyl (C=O) groups is 1. The van der Waals surface area contributed by atoms with Crippen LogP contribution in [0.1, 0.15) is 10.5 Å². The van der Waals surface area contributed by atoms with E-state index in [1.54, 1.807) is 0 Å². The Balaban J connectivity index is 2.69. The zero-order valence-electron chi connectivity index (χ0n) is 7.87. The third kappa shape index (κ3) is 1.52. The number of hydrogen-bond donors (Lipinski definition) is 1. The number of nitrogens with zero attached hydrogens (tertiary/aromatic N) is 5. The molecule has 1 N–H and O–H groups in total. The molecule has 84 valence electrons. The zero-order chi connectivity index (χ0) is 11.7. The van der Waals surface area contributed by atoms with E-state index in [0.717, 1.165) is 15.4 Å². The highest BCUT2D eigenvalue weighted by molar-refractivity contribution is 6.17. The van der Waals surface area contributed by atoms with Crippen molar-refractivity contribution < 1.29 is 9.90 Å². The van der Waals surface area contributed by atoms with Crippen LogP contribution in [0.3, 0.4) is 0 Å². The Bertz CT molecular complexity index is 604. The summed E-state index contributed by atoms with van der Waals surface area (Å²) in [5.74, 6) is -1.05. The quantitative estimate of drug-likeness (QED) is 0.710. The highest BCUT2D eigenvalue weighted by Crippen LogP contribution is 2.01. The molecule has 0 saturated carbocycles. The highest BCUT2D eigenvalue weighted by atomic mass is 35.5. The molecule has 0 aliphatic heterocycles. The van der Waals surface area contributed by atoms with Gasteiger partial charge in [0.15, 0.2) is 11.3 Å². The van der Waals surface area contributed by atoms with Crippen molar-refractivity contribution in [2.75, 3.05) is 5.88 Å². The Kier molecular flexibility index (Phi) is 2.57. The van der Waals surface area contributed by atoms with Gasteiger partial charge in [-0.25, -0.2) is 19.0 Å². The van der Waals surface area contributed by atoms with Crippen LogP contribution in [0.15, 0.2) is 11.1 Å². The number of rotatable bonds is 3. The van der Waals surface area contributed by atoms with E-state index in [4.69, 9.17) is 16.7 Å². The monoisotopic (exact) mass is 243 g/mol. The van der Waals surface area contributed by atoms with Crippen LogP contribution in [0.5, 0.6) is 0 Å². The summed E-state index contributed by atoms with van der Waals surface area (Å²) in [6, 6.07) is 0. The lowest BCUT2D eigenvalue weighted by Crippen LogP contribution is -2.30. The molecule has 8 nitrogen and oxygen atoms in total. The summed E-state index contributed by atoms with van der Waals surface area (Å²) >= 11 is 5.47. The van der Waals surface area contributed by atoms with Crippen molar-refractivity contribution in [3.63, 3.8) is 0 Å². The van der Waals surface area contributed by atoms with Crippen molar-refractivity contribution in [3.8, 4) is 0 Å². The standard InChI is InChI=1S/C7H6ClN5O3/c8-1-2-13-7(16)12-3-9-4(6(14)15)5(12)10-11-13/h3H,1-2H2,(H,14,15). The fourth-order valence-electron chi connectivity index (χ4n) is 1.21. The molecule has 0 amide bonds. The predicted molar refractivity (Wildman–Crippen MR) is 52.7 cm³/mol. The lowest BCUT2D eigenvalue weighted by molar-refractivity contribution is 0.0693. The number of aryl methyl sites for hydroxylation is 1. The first-order chi connectivity index (χ1) is 7.65. The smallest absolute Gasteiger partial charge is 0.358 e. The van der Waals surface area contributed by atoms with E-state index in [1.165, 1.54) is 0 Å². The molecule has 0 aliphatic carbocycles. The Morgan fingerprint density at radius 2 is 2.31 bits per heavy atom. The fraction of sp³-hybridized carbons (Fsp3) is 0.286.